The van der Waals surface area contributed by atoms with Crippen molar-refractivity contribution in [1.82, 2.24) is 24.4 Å². The molecule has 7 heteroatoms. The highest BCUT2D eigenvalue weighted by atomic mass is 35.5. The van der Waals surface area contributed by atoms with Gasteiger partial charge in [-0.25, -0.2) is 9.50 Å². The molecule has 5 rings (SSSR count). The summed E-state index contributed by atoms with van der Waals surface area (Å²) in [6.07, 6.45) is 3.47. The summed E-state index contributed by atoms with van der Waals surface area (Å²) in [6.45, 7) is 5.97. The Morgan fingerprint density at radius 1 is 0.969 bits per heavy atom. The maximum atomic E-state index is 13.3. The SMILES string of the molecule is Cc1c(C(=O)N2CCN(Cc3ccccc3)CC2)cnc2c(-c3ccc(Cl)cc3)cnn12. The summed E-state index contributed by atoms with van der Waals surface area (Å²) in [6, 6.07) is 18.0. The van der Waals surface area contributed by atoms with E-state index in [1.54, 1.807) is 16.9 Å². The number of piperazine rings is 1. The fraction of sp³-hybridized carbons (Fsp3) is 0.240. The van der Waals surface area contributed by atoms with Crippen LogP contribution in [0.1, 0.15) is 21.6 Å². The Morgan fingerprint density at radius 3 is 2.41 bits per heavy atom. The van der Waals surface area contributed by atoms with Crippen molar-refractivity contribution < 1.29 is 4.79 Å². The molecule has 32 heavy (non-hydrogen) atoms. The molecule has 4 aromatic rings. The highest BCUT2D eigenvalue weighted by Crippen LogP contribution is 2.26. The minimum atomic E-state index is 0.0137. The van der Waals surface area contributed by atoms with Gasteiger partial charge in [-0.2, -0.15) is 5.10 Å². The van der Waals surface area contributed by atoms with Crippen LogP contribution < -0.4 is 0 Å². The van der Waals surface area contributed by atoms with E-state index < -0.39 is 0 Å². The van der Waals surface area contributed by atoms with E-state index in [4.69, 9.17) is 11.6 Å². The topological polar surface area (TPSA) is 53.7 Å². The maximum absolute atomic E-state index is 13.3. The van der Waals surface area contributed by atoms with Crippen molar-refractivity contribution in [2.75, 3.05) is 26.2 Å². The Bertz CT molecular complexity index is 1240. The number of hydrogen-bond donors (Lipinski definition) is 0. The van der Waals surface area contributed by atoms with Crippen LogP contribution in [0.25, 0.3) is 16.8 Å². The summed E-state index contributed by atoms with van der Waals surface area (Å²) in [7, 11) is 0. The second kappa shape index (κ2) is 8.73. The zero-order valence-electron chi connectivity index (χ0n) is 17.9. The molecule has 3 heterocycles. The van der Waals surface area contributed by atoms with Crippen LogP contribution in [0.2, 0.25) is 5.02 Å². The molecule has 0 saturated carbocycles. The van der Waals surface area contributed by atoms with E-state index in [-0.39, 0.29) is 5.91 Å². The van der Waals surface area contributed by atoms with Crippen molar-refractivity contribution in [1.29, 1.82) is 0 Å². The lowest BCUT2D eigenvalue weighted by Gasteiger charge is -2.35. The second-order valence-electron chi connectivity index (χ2n) is 8.11. The van der Waals surface area contributed by atoms with Crippen LogP contribution in [0.15, 0.2) is 67.0 Å². The van der Waals surface area contributed by atoms with Gasteiger partial charge in [0, 0.05) is 49.5 Å². The Kier molecular flexibility index (Phi) is 5.64. The number of rotatable bonds is 4. The van der Waals surface area contributed by atoms with E-state index in [1.807, 2.05) is 42.2 Å². The van der Waals surface area contributed by atoms with Crippen molar-refractivity contribution in [3.05, 3.63) is 88.8 Å². The molecule has 0 bridgehead atoms. The third-order valence-electron chi connectivity index (χ3n) is 6.06. The first-order chi connectivity index (χ1) is 15.6. The van der Waals surface area contributed by atoms with Gasteiger partial charge in [0.1, 0.15) is 0 Å². The molecule has 0 atom stereocenters. The van der Waals surface area contributed by atoms with Gasteiger partial charge in [0.05, 0.1) is 17.5 Å². The number of hydrogen-bond acceptors (Lipinski definition) is 4. The van der Waals surface area contributed by atoms with Crippen LogP contribution in [0.4, 0.5) is 0 Å². The number of amides is 1. The lowest BCUT2D eigenvalue weighted by Crippen LogP contribution is -2.48. The number of nitrogens with zero attached hydrogens (tertiary/aromatic N) is 5. The minimum Gasteiger partial charge on any atom is -0.336 e. The fourth-order valence-electron chi connectivity index (χ4n) is 4.21. The van der Waals surface area contributed by atoms with Crippen LogP contribution in [-0.4, -0.2) is 56.5 Å². The monoisotopic (exact) mass is 445 g/mol. The van der Waals surface area contributed by atoms with Gasteiger partial charge in [0.15, 0.2) is 5.65 Å². The average molecular weight is 446 g/mol. The van der Waals surface area contributed by atoms with Crippen molar-refractivity contribution in [2.24, 2.45) is 0 Å². The standard InChI is InChI=1S/C25H24ClN5O/c1-18-22(15-27-24-23(16-28-31(18)24)20-7-9-21(26)10-8-20)25(32)30-13-11-29(12-14-30)17-19-5-3-2-4-6-19/h2-10,15-16H,11-14,17H2,1H3. The molecule has 1 amide bonds. The first kappa shape index (κ1) is 20.7. The molecule has 0 N–H and O–H groups in total. The largest absolute Gasteiger partial charge is 0.336 e. The third kappa shape index (κ3) is 3.99. The van der Waals surface area contributed by atoms with Gasteiger partial charge < -0.3 is 4.90 Å². The summed E-state index contributed by atoms with van der Waals surface area (Å²) >= 11 is 6.01. The lowest BCUT2D eigenvalue weighted by molar-refractivity contribution is 0.0626. The molecule has 0 aliphatic carbocycles. The molecule has 162 valence electrons. The van der Waals surface area contributed by atoms with Crippen LogP contribution in [0.3, 0.4) is 0 Å². The van der Waals surface area contributed by atoms with Gasteiger partial charge >= 0.3 is 0 Å². The summed E-state index contributed by atoms with van der Waals surface area (Å²) in [5.41, 5.74) is 5.33. The number of aryl methyl sites for hydroxylation is 1. The molecule has 0 unspecified atom stereocenters. The summed E-state index contributed by atoms with van der Waals surface area (Å²) in [4.78, 5) is 22.2. The molecule has 1 saturated heterocycles. The Labute approximate surface area is 192 Å². The molecular formula is C25H24ClN5O. The van der Waals surface area contributed by atoms with Crippen LogP contribution >= 0.6 is 11.6 Å². The van der Waals surface area contributed by atoms with E-state index in [1.165, 1.54) is 5.56 Å². The summed E-state index contributed by atoms with van der Waals surface area (Å²) in [5, 5.41) is 5.19. The third-order valence-corrected chi connectivity index (χ3v) is 6.31. The van der Waals surface area contributed by atoms with Crippen molar-refractivity contribution in [3.8, 4) is 11.1 Å². The lowest BCUT2D eigenvalue weighted by atomic mass is 10.1. The first-order valence-electron chi connectivity index (χ1n) is 10.7. The van der Waals surface area contributed by atoms with E-state index in [0.29, 0.717) is 23.7 Å². The van der Waals surface area contributed by atoms with Crippen LogP contribution in [-0.2, 0) is 6.54 Å². The predicted octanol–water partition coefficient (Wildman–Crippen LogP) is 4.32. The number of benzene rings is 2. The minimum absolute atomic E-state index is 0.0137. The zero-order chi connectivity index (χ0) is 22.1. The quantitative estimate of drug-likeness (QED) is 0.469. The van der Waals surface area contributed by atoms with E-state index in [9.17, 15) is 4.79 Å². The van der Waals surface area contributed by atoms with Crippen LogP contribution in [0, 0.1) is 6.92 Å². The number of carbonyl (C=O) groups excluding carboxylic acids is 1. The van der Waals surface area contributed by atoms with Gasteiger partial charge in [-0.3, -0.25) is 9.69 Å². The van der Waals surface area contributed by atoms with E-state index in [0.717, 1.165) is 42.1 Å². The zero-order valence-corrected chi connectivity index (χ0v) is 18.7. The number of halogens is 1. The average Bonchev–Trinajstić information content (AvgIpc) is 3.26. The molecule has 1 aliphatic rings. The molecule has 0 spiro atoms. The molecule has 1 fully saturated rings. The van der Waals surface area contributed by atoms with Crippen LogP contribution in [0.5, 0.6) is 0 Å². The first-order valence-corrected chi connectivity index (χ1v) is 11.1. The Hall–Kier alpha value is -3.22. The van der Waals surface area contributed by atoms with Gasteiger partial charge in [-0.05, 0) is 30.2 Å². The molecule has 0 radical (unpaired) electrons. The number of aromatic nitrogens is 3. The highest BCUT2D eigenvalue weighted by Gasteiger charge is 2.25. The molecule has 2 aromatic heterocycles. The fourth-order valence-corrected chi connectivity index (χ4v) is 4.33. The predicted molar refractivity (Wildman–Crippen MR) is 126 cm³/mol. The Morgan fingerprint density at radius 2 is 1.69 bits per heavy atom. The molecule has 2 aromatic carbocycles. The molecule has 1 aliphatic heterocycles. The van der Waals surface area contributed by atoms with E-state index >= 15 is 0 Å². The number of fused-ring (bicyclic) bond motifs is 1. The van der Waals surface area contributed by atoms with Gasteiger partial charge in [-0.15, -0.1) is 0 Å². The van der Waals surface area contributed by atoms with Gasteiger partial charge in [0.2, 0.25) is 0 Å². The number of carbonyl (C=O) groups is 1. The molecular weight excluding hydrogens is 422 g/mol. The normalized spacial score (nSPS) is 14.8. The van der Waals surface area contributed by atoms with Crippen molar-refractivity contribution in [3.63, 3.8) is 0 Å². The highest BCUT2D eigenvalue weighted by molar-refractivity contribution is 6.30. The van der Waals surface area contributed by atoms with Crippen molar-refractivity contribution in [2.45, 2.75) is 13.5 Å². The second-order valence-corrected chi connectivity index (χ2v) is 8.55. The molecule has 6 nitrogen and oxygen atoms in total. The smallest absolute Gasteiger partial charge is 0.257 e. The summed E-state index contributed by atoms with van der Waals surface area (Å²) in [5.74, 6) is 0.0137. The van der Waals surface area contributed by atoms with E-state index in [2.05, 4.69) is 39.2 Å². The van der Waals surface area contributed by atoms with Gasteiger partial charge in [0.25, 0.3) is 5.91 Å². The maximum Gasteiger partial charge on any atom is 0.257 e. The van der Waals surface area contributed by atoms with Crippen molar-refractivity contribution >= 4 is 23.2 Å². The van der Waals surface area contributed by atoms with Gasteiger partial charge in [-0.1, -0.05) is 54.1 Å². The summed E-state index contributed by atoms with van der Waals surface area (Å²) < 4.78 is 1.75. The Balaban J connectivity index is 1.32.